The molecular weight excluding hydrogens is 340 g/mol. The number of nitrogens with one attached hydrogen (secondary N) is 2. The van der Waals surface area contributed by atoms with Crippen LogP contribution in [0.4, 0.5) is 4.79 Å². The average Bonchev–Trinajstić information content (AvgIpc) is 2.93. The quantitative estimate of drug-likeness (QED) is 0.789. The number of hydrogen-bond donors (Lipinski definition) is 2. The van der Waals surface area contributed by atoms with Crippen LogP contribution in [0.5, 0.6) is 5.75 Å². The normalized spacial score (nSPS) is 11.1. The van der Waals surface area contributed by atoms with Gasteiger partial charge in [0, 0.05) is 22.6 Å². The molecule has 0 aliphatic carbocycles. The number of carbonyl (C=O) groups excluding carboxylic acids is 3. The van der Waals surface area contributed by atoms with Gasteiger partial charge in [0.1, 0.15) is 11.3 Å². The Hall–Kier alpha value is -3.03. The predicted octanol–water partition coefficient (Wildman–Crippen LogP) is 2.15. The molecule has 0 unspecified atom stereocenters. The minimum atomic E-state index is -0.707. The number of amides is 3. The van der Waals surface area contributed by atoms with E-state index in [1.807, 2.05) is 0 Å². The lowest BCUT2D eigenvalue weighted by atomic mass is 10.1. The van der Waals surface area contributed by atoms with Crippen LogP contribution in [0.15, 0.2) is 28.9 Å². The fourth-order valence-electron chi connectivity index (χ4n) is 2.21. The van der Waals surface area contributed by atoms with Gasteiger partial charge < -0.3 is 19.2 Å². The van der Waals surface area contributed by atoms with Crippen molar-refractivity contribution in [1.29, 1.82) is 0 Å². The second kappa shape index (κ2) is 7.90. The van der Waals surface area contributed by atoms with Gasteiger partial charge in [-0.2, -0.15) is 0 Å². The number of furan rings is 1. The molecule has 8 heteroatoms. The monoisotopic (exact) mass is 362 g/mol. The summed E-state index contributed by atoms with van der Waals surface area (Å²) in [7, 11) is 1.55. The first-order valence-corrected chi connectivity index (χ1v) is 7.99. The number of esters is 1. The van der Waals surface area contributed by atoms with Crippen molar-refractivity contribution in [3.05, 3.63) is 30.0 Å². The molecule has 0 bridgehead atoms. The van der Waals surface area contributed by atoms with E-state index in [4.69, 9.17) is 13.9 Å². The third-order valence-corrected chi connectivity index (χ3v) is 3.30. The van der Waals surface area contributed by atoms with Crippen molar-refractivity contribution in [3.63, 3.8) is 0 Å². The van der Waals surface area contributed by atoms with Gasteiger partial charge in [-0.1, -0.05) is 0 Å². The molecule has 0 atom stereocenters. The number of hydrogen-bond acceptors (Lipinski definition) is 6. The molecule has 1 heterocycles. The first kappa shape index (κ1) is 19.3. The number of carbonyl (C=O) groups is 3. The molecule has 3 amide bonds. The number of methoxy groups -OCH3 is 1. The van der Waals surface area contributed by atoms with Gasteiger partial charge in [0.15, 0.2) is 6.61 Å². The Labute approximate surface area is 150 Å². The minimum Gasteiger partial charge on any atom is -0.497 e. The van der Waals surface area contributed by atoms with E-state index < -0.39 is 30.1 Å². The van der Waals surface area contributed by atoms with E-state index in [1.165, 1.54) is 6.26 Å². The van der Waals surface area contributed by atoms with Crippen molar-refractivity contribution in [1.82, 2.24) is 10.6 Å². The van der Waals surface area contributed by atoms with Gasteiger partial charge >= 0.3 is 12.0 Å². The second-order valence-corrected chi connectivity index (χ2v) is 6.71. The Morgan fingerprint density at radius 3 is 2.58 bits per heavy atom. The van der Waals surface area contributed by atoms with Crippen LogP contribution >= 0.6 is 0 Å². The molecule has 0 saturated carbocycles. The molecule has 0 aliphatic rings. The van der Waals surface area contributed by atoms with E-state index in [0.29, 0.717) is 16.9 Å². The fraction of sp³-hybridized carbons (Fsp3) is 0.389. The van der Waals surface area contributed by atoms with Crippen molar-refractivity contribution in [3.8, 4) is 5.75 Å². The highest BCUT2D eigenvalue weighted by molar-refractivity contribution is 5.96. The SMILES string of the molecule is COc1ccc2c(CC(=O)OCC(=O)NC(=O)NC(C)(C)C)coc2c1. The van der Waals surface area contributed by atoms with Crippen LogP contribution < -0.4 is 15.4 Å². The highest BCUT2D eigenvalue weighted by Gasteiger charge is 2.17. The Morgan fingerprint density at radius 2 is 1.92 bits per heavy atom. The molecule has 26 heavy (non-hydrogen) atoms. The van der Waals surface area contributed by atoms with E-state index in [9.17, 15) is 14.4 Å². The zero-order valence-electron chi connectivity index (χ0n) is 15.2. The molecular formula is C18H22N2O6. The molecule has 0 radical (unpaired) electrons. The molecule has 8 nitrogen and oxygen atoms in total. The number of urea groups is 1. The molecule has 2 N–H and O–H groups in total. The van der Waals surface area contributed by atoms with Gasteiger partial charge in [-0.3, -0.25) is 14.9 Å². The number of fused-ring (bicyclic) bond motifs is 1. The highest BCUT2D eigenvalue weighted by atomic mass is 16.5. The lowest BCUT2D eigenvalue weighted by Crippen LogP contribution is -2.49. The summed E-state index contributed by atoms with van der Waals surface area (Å²) in [5.41, 5.74) is 0.744. The molecule has 0 spiro atoms. The smallest absolute Gasteiger partial charge is 0.321 e. The van der Waals surface area contributed by atoms with E-state index in [1.54, 1.807) is 46.1 Å². The van der Waals surface area contributed by atoms with Crippen molar-refractivity contribution in [2.24, 2.45) is 0 Å². The Kier molecular flexibility index (Phi) is 5.86. The van der Waals surface area contributed by atoms with Crippen LogP contribution in [-0.2, 0) is 20.7 Å². The Balaban J connectivity index is 1.85. The van der Waals surface area contributed by atoms with E-state index in [2.05, 4.69) is 10.6 Å². The summed E-state index contributed by atoms with van der Waals surface area (Å²) in [5, 5.41) is 5.42. The third kappa shape index (κ3) is 5.51. The van der Waals surface area contributed by atoms with Gasteiger partial charge in [0.25, 0.3) is 5.91 Å². The summed E-state index contributed by atoms with van der Waals surface area (Å²) >= 11 is 0. The lowest BCUT2D eigenvalue weighted by molar-refractivity contribution is -0.147. The first-order valence-electron chi connectivity index (χ1n) is 7.99. The summed E-state index contributed by atoms with van der Waals surface area (Å²) in [6.45, 7) is 4.80. The maximum absolute atomic E-state index is 11.9. The molecule has 140 valence electrons. The van der Waals surface area contributed by atoms with Crippen molar-refractivity contribution < 1.29 is 28.3 Å². The van der Waals surface area contributed by atoms with Crippen LogP contribution in [0, 0.1) is 0 Å². The van der Waals surface area contributed by atoms with Crippen LogP contribution in [0.2, 0.25) is 0 Å². The van der Waals surface area contributed by atoms with Gasteiger partial charge in [-0.05, 0) is 32.9 Å². The van der Waals surface area contributed by atoms with Crippen LogP contribution in [0.3, 0.4) is 0 Å². The predicted molar refractivity (Wildman–Crippen MR) is 93.9 cm³/mol. The van der Waals surface area contributed by atoms with Crippen molar-refractivity contribution >= 4 is 28.9 Å². The van der Waals surface area contributed by atoms with Crippen molar-refractivity contribution in [2.45, 2.75) is 32.7 Å². The number of benzene rings is 1. The van der Waals surface area contributed by atoms with Gasteiger partial charge in [0.05, 0.1) is 19.8 Å². The maximum atomic E-state index is 11.9. The summed E-state index contributed by atoms with van der Waals surface area (Å²) in [6, 6.07) is 4.61. The Morgan fingerprint density at radius 1 is 1.19 bits per heavy atom. The topological polar surface area (TPSA) is 107 Å². The third-order valence-electron chi connectivity index (χ3n) is 3.30. The summed E-state index contributed by atoms with van der Waals surface area (Å²) in [5.74, 6) is -0.664. The second-order valence-electron chi connectivity index (χ2n) is 6.71. The standard InChI is InChI=1S/C18H22N2O6/c1-18(2,3)20-17(23)19-15(21)10-26-16(22)7-11-9-25-14-8-12(24-4)5-6-13(11)14/h5-6,8-9H,7,10H2,1-4H3,(H2,19,20,21,23). The van der Waals surface area contributed by atoms with Gasteiger partial charge in [-0.15, -0.1) is 0 Å². The largest absolute Gasteiger partial charge is 0.497 e. The fourth-order valence-corrected chi connectivity index (χ4v) is 2.21. The number of ether oxygens (including phenoxy) is 2. The van der Waals surface area contributed by atoms with Gasteiger partial charge in [0.2, 0.25) is 0 Å². The zero-order chi connectivity index (χ0) is 19.3. The molecule has 1 aromatic carbocycles. The highest BCUT2D eigenvalue weighted by Crippen LogP contribution is 2.25. The minimum absolute atomic E-state index is 0.0548. The lowest BCUT2D eigenvalue weighted by Gasteiger charge is -2.20. The molecule has 0 fully saturated rings. The summed E-state index contributed by atoms with van der Waals surface area (Å²) in [6.07, 6.45) is 1.41. The first-order chi connectivity index (χ1) is 12.2. The van der Waals surface area contributed by atoms with Crippen LogP contribution in [0.25, 0.3) is 11.0 Å². The molecule has 0 saturated heterocycles. The van der Waals surface area contributed by atoms with E-state index in [0.717, 1.165) is 5.39 Å². The average molecular weight is 362 g/mol. The molecule has 2 rings (SSSR count). The van der Waals surface area contributed by atoms with Crippen LogP contribution in [-0.4, -0.2) is 37.2 Å². The summed E-state index contributed by atoms with van der Waals surface area (Å²) in [4.78, 5) is 35.1. The number of imide groups is 1. The molecule has 0 aliphatic heterocycles. The van der Waals surface area contributed by atoms with E-state index >= 15 is 0 Å². The molecule has 2 aromatic rings. The number of rotatable bonds is 5. The molecule has 1 aromatic heterocycles. The van der Waals surface area contributed by atoms with Crippen LogP contribution in [0.1, 0.15) is 26.3 Å². The zero-order valence-corrected chi connectivity index (χ0v) is 15.2. The summed E-state index contributed by atoms with van der Waals surface area (Å²) < 4.78 is 15.4. The van der Waals surface area contributed by atoms with Gasteiger partial charge in [-0.25, -0.2) is 4.79 Å². The Bertz CT molecular complexity index is 819. The van der Waals surface area contributed by atoms with Crippen molar-refractivity contribution in [2.75, 3.05) is 13.7 Å². The maximum Gasteiger partial charge on any atom is 0.321 e. The van der Waals surface area contributed by atoms with E-state index in [-0.39, 0.29) is 6.42 Å².